The molecule has 0 spiro atoms. The number of hydrogen-bond donors (Lipinski definition) is 1. The van der Waals surface area contributed by atoms with Gasteiger partial charge in [-0.1, -0.05) is 18.2 Å². The highest BCUT2D eigenvalue weighted by Gasteiger charge is 2.31. The Bertz CT molecular complexity index is 763. The monoisotopic (exact) mass is 331 g/mol. The van der Waals surface area contributed by atoms with Gasteiger partial charge in [0.25, 0.3) is 5.91 Å². The number of fused-ring (bicyclic) bond motifs is 1. The average molecular weight is 331 g/mol. The summed E-state index contributed by atoms with van der Waals surface area (Å²) >= 11 is 0. The van der Waals surface area contributed by atoms with Crippen LogP contribution in [0.1, 0.15) is 31.0 Å². The highest BCUT2D eigenvalue weighted by Crippen LogP contribution is 2.27. The first-order valence-electron chi connectivity index (χ1n) is 8.16. The van der Waals surface area contributed by atoms with E-state index in [0.29, 0.717) is 12.1 Å². The van der Waals surface area contributed by atoms with Gasteiger partial charge in [0.1, 0.15) is 17.7 Å². The highest BCUT2D eigenvalue weighted by atomic mass is 19.1. The molecule has 0 aliphatic carbocycles. The lowest BCUT2D eigenvalue weighted by Crippen LogP contribution is -2.92. The molecule has 0 unspecified atom stereocenters. The lowest BCUT2D eigenvalue weighted by molar-refractivity contribution is -0.710. The number of carbonyl (C=O) groups is 1. The minimum Gasteiger partial charge on any atom is -0.330 e. The Morgan fingerprint density at radius 3 is 2.67 bits per heavy atom. The molecule has 0 radical (unpaired) electrons. The molecule has 2 aromatic rings. The molecular weight excluding hydrogens is 310 g/mol. The number of anilines is 1. The molecule has 1 aliphatic heterocycles. The Balaban J connectivity index is 1.71. The summed E-state index contributed by atoms with van der Waals surface area (Å²) in [6.45, 7) is 4.31. The molecule has 0 bridgehead atoms. The van der Waals surface area contributed by atoms with Crippen LogP contribution in [0.25, 0.3) is 0 Å². The SMILES string of the molecule is C[C@@H]([NH2+][C@H](C)c1ccc(F)cc1F)C(=O)N1CCc2ccccc21. The fourth-order valence-corrected chi connectivity index (χ4v) is 3.30. The summed E-state index contributed by atoms with van der Waals surface area (Å²) in [4.78, 5) is 14.6. The zero-order chi connectivity index (χ0) is 17.3. The summed E-state index contributed by atoms with van der Waals surface area (Å²) in [5, 5.41) is 1.82. The van der Waals surface area contributed by atoms with Gasteiger partial charge in [0.15, 0.2) is 6.04 Å². The summed E-state index contributed by atoms with van der Waals surface area (Å²) in [5.41, 5.74) is 2.54. The van der Waals surface area contributed by atoms with Crippen molar-refractivity contribution in [1.82, 2.24) is 0 Å². The number of hydrogen-bond acceptors (Lipinski definition) is 1. The van der Waals surface area contributed by atoms with Crippen molar-refractivity contribution in [3.05, 3.63) is 65.2 Å². The lowest BCUT2D eigenvalue weighted by atomic mass is 10.1. The first-order chi connectivity index (χ1) is 11.5. The number of benzene rings is 2. The van der Waals surface area contributed by atoms with Gasteiger partial charge in [-0.3, -0.25) is 4.79 Å². The molecule has 1 amide bonds. The van der Waals surface area contributed by atoms with Crippen LogP contribution in [-0.4, -0.2) is 18.5 Å². The molecule has 5 heteroatoms. The van der Waals surface area contributed by atoms with Gasteiger partial charge in [0.05, 0.1) is 0 Å². The van der Waals surface area contributed by atoms with Crippen molar-refractivity contribution < 1.29 is 18.9 Å². The third-order valence-corrected chi connectivity index (χ3v) is 4.57. The zero-order valence-corrected chi connectivity index (χ0v) is 13.8. The number of halogens is 2. The van der Waals surface area contributed by atoms with E-state index >= 15 is 0 Å². The average Bonchev–Trinajstić information content (AvgIpc) is 2.97. The molecular formula is C19H21F2N2O+. The summed E-state index contributed by atoms with van der Waals surface area (Å²) in [6, 6.07) is 10.8. The maximum absolute atomic E-state index is 13.9. The Morgan fingerprint density at radius 1 is 1.17 bits per heavy atom. The summed E-state index contributed by atoms with van der Waals surface area (Å²) in [7, 11) is 0. The van der Waals surface area contributed by atoms with E-state index in [4.69, 9.17) is 0 Å². The second kappa shape index (κ2) is 6.69. The topological polar surface area (TPSA) is 36.9 Å². The van der Waals surface area contributed by atoms with E-state index in [1.54, 1.807) is 4.90 Å². The van der Waals surface area contributed by atoms with Crippen LogP contribution in [0.3, 0.4) is 0 Å². The van der Waals surface area contributed by atoms with Crippen molar-refractivity contribution in [3.63, 3.8) is 0 Å². The maximum atomic E-state index is 13.9. The lowest BCUT2D eigenvalue weighted by Gasteiger charge is -2.23. The summed E-state index contributed by atoms with van der Waals surface area (Å²) in [6.07, 6.45) is 0.858. The number of para-hydroxylation sites is 1. The number of rotatable bonds is 4. The number of quaternary nitrogens is 1. The molecule has 24 heavy (non-hydrogen) atoms. The van der Waals surface area contributed by atoms with Gasteiger partial charge in [-0.25, -0.2) is 8.78 Å². The third-order valence-electron chi connectivity index (χ3n) is 4.57. The maximum Gasteiger partial charge on any atom is 0.284 e. The van der Waals surface area contributed by atoms with E-state index in [9.17, 15) is 13.6 Å². The number of carbonyl (C=O) groups excluding carboxylic acids is 1. The Morgan fingerprint density at radius 2 is 1.92 bits per heavy atom. The van der Waals surface area contributed by atoms with Crippen LogP contribution in [0.4, 0.5) is 14.5 Å². The molecule has 0 saturated heterocycles. The van der Waals surface area contributed by atoms with Crippen LogP contribution in [-0.2, 0) is 11.2 Å². The van der Waals surface area contributed by atoms with E-state index in [1.165, 1.54) is 17.7 Å². The standard InChI is InChI=1S/C19H20F2N2O/c1-12(16-8-7-15(20)11-17(16)21)22-13(2)19(24)23-10-9-14-5-3-4-6-18(14)23/h3-8,11-13,22H,9-10H2,1-2H3/p+1/t12-,13-/m1/s1. The second-order valence-corrected chi connectivity index (χ2v) is 6.30. The number of amides is 1. The van der Waals surface area contributed by atoms with Gasteiger partial charge in [-0.2, -0.15) is 0 Å². The van der Waals surface area contributed by atoms with E-state index in [1.807, 2.05) is 43.4 Å². The first kappa shape index (κ1) is 16.6. The van der Waals surface area contributed by atoms with Crippen LogP contribution >= 0.6 is 0 Å². The minimum atomic E-state index is -0.596. The van der Waals surface area contributed by atoms with Crippen molar-refractivity contribution in [2.24, 2.45) is 0 Å². The van der Waals surface area contributed by atoms with Crippen LogP contribution in [0, 0.1) is 11.6 Å². The van der Waals surface area contributed by atoms with Crippen molar-refractivity contribution >= 4 is 11.6 Å². The van der Waals surface area contributed by atoms with Crippen molar-refractivity contribution in [3.8, 4) is 0 Å². The molecule has 2 atom stereocenters. The van der Waals surface area contributed by atoms with Crippen LogP contribution in [0.15, 0.2) is 42.5 Å². The van der Waals surface area contributed by atoms with Gasteiger partial charge in [-0.15, -0.1) is 0 Å². The van der Waals surface area contributed by atoms with Crippen LogP contribution in [0.2, 0.25) is 0 Å². The quantitative estimate of drug-likeness (QED) is 0.918. The molecule has 2 aromatic carbocycles. The molecule has 1 aliphatic rings. The third kappa shape index (κ3) is 3.17. The molecule has 0 fully saturated rings. The van der Waals surface area contributed by atoms with Crippen molar-refractivity contribution in [1.29, 1.82) is 0 Å². The van der Waals surface area contributed by atoms with Crippen LogP contribution in [0.5, 0.6) is 0 Å². The Labute approximate surface area is 140 Å². The van der Waals surface area contributed by atoms with Gasteiger partial charge in [0, 0.05) is 23.9 Å². The van der Waals surface area contributed by atoms with Gasteiger partial charge in [0.2, 0.25) is 0 Å². The van der Waals surface area contributed by atoms with Crippen molar-refractivity contribution in [2.75, 3.05) is 11.4 Å². The smallest absolute Gasteiger partial charge is 0.284 e. The van der Waals surface area contributed by atoms with E-state index < -0.39 is 11.6 Å². The Hall–Kier alpha value is -2.27. The second-order valence-electron chi connectivity index (χ2n) is 6.30. The molecule has 3 rings (SSSR count). The largest absolute Gasteiger partial charge is 0.330 e. The molecule has 0 saturated carbocycles. The molecule has 1 heterocycles. The summed E-state index contributed by atoms with van der Waals surface area (Å²) in [5.74, 6) is -1.17. The van der Waals surface area contributed by atoms with Gasteiger partial charge >= 0.3 is 0 Å². The predicted molar refractivity (Wildman–Crippen MR) is 88.7 cm³/mol. The number of nitrogens with zero attached hydrogens (tertiary/aromatic N) is 1. The summed E-state index contributed by atoms with van der Waals surface area (Å²) < 4.78 is 26.9. The fraction of sp³-hybridized carbons (Fsp3) is 0.316. The van der Waals surface area contributed by atoms with Crippen LogP contribution < -0.4 is 10.2 Å². The molecule has 126 valence electrons. The first-order valence-corrected chi connectivity index (χ1v) is 8.16. The van der Waals surface area contributed by atoms with E-state index in [0.717, 1.165) is 18.2 Å². The Kier molecular flexibility index (Phi) is 4.62. The van der Waals surface area contributed by atoms with Gasteiger partial charge in [-0.05, 0) is 44.0 Å². The fourth-order valence-electron chi connectivity index (χ4n) is 3.30. The minimum absolute atomic E-state index is 0.00863. The van der Waals surface area contributed by atoms with E-state index in [2.05, 4.69) is 0 Å². The predicted octanol–water partition coefficient (Wildman–Crippen LogP) is 2.57. The normalized spacial score (nSPS) is 15.9. The molecule has 2 N–H and O–H groups in total. The highest BCUT2D eigenvalue weighted by molar-refractivity contribution is 5.97. The number of nitrogens with two attached hydrogens (primary N) is 1. The zero-order valence-electron chi connectivity index (χ0n) is 13.8. The van der Waals surface area contributed by atoms with Gasteiger partial charge < -0.3 is 10.2 Å². The molecule has 0 aromatic heterocycles. The van der Waals surface area contributed by atoms with Crippen molar-refractivity contribution in [2.45, 2.75) is 32.4 Å². The molecule has 3 nitrogen and oxygen atoms in total. The van der Waals surface area contributed by atoms with E-state index in [-0.39, 0.29) is 18.0 Å².